The van der Waals surface area contributed by atoms with E-state index in [1.807, 2.05) is 13.1 Å². The van der Waals surface area contributed by atoms with Crippen molar-refractivity contribution in [3.8, 4) is 0 Å². The largest absolute Gasteiger partial charge is 0.327 e. The molecule has 2 aromatic rings. The molecule has 3 nitrogen and oxygen atoms in total. The SMILES string of the molecule is Cc1cccc(Cn2c(CN)cnc2C)c1. The van der Waals surface area contributed by atoms with E-state index < -0.39 is 0 Å². The molecule has 84 valence electrons. The van der Waals surface area contributed by atoms with Crippen molar-refractivity contribution in [3.05, 3.63) is 53.1 Å². The molecule has 0 bridgehead atoms. The van der Waals surface area contributed by atoms with Gasteiger partial charge in [-0.15, -0.1) is 0 Å². The molecular formula is C13H17N3. The van der Waals surface area contributed by atoms with Crippen LogP contribution in [0.3, 0.4) is 0 Å². The van der Waals surface area contributed by atoms with Crippen molar-refractivity contribution in [3.63, 3.8) is 0 Å². The van der Waals surface area contributed by atoms with Gasteiger partial charge in [-0.1, -0.05) is 29.8 Å². The van der Waals surface area contributed by atoms with Gasteiger partial charge in [-0.05, 0) is 19.4 Å². The molecule has 0 atom stereocenters. The monoisotopic (exact) mass is 215 g/mol. The number of aryl methyl sites for hydroxylation is 2. The molecule has 0 unspecified atom stereocenters. The average molecular weight is 215 g/mol. The number of benzene rings is 1. The summed E-state index contributed by atoms with van der Waals surface area (Å²) in [6.07, 6.45) is 1.85. The van der Waals surface area contributed by atoms with Gasteiger partial charge in [0.2, 0.25) is 0 Å². The molecule has 1 heterocycles. The van der Waals surface area contributed by atoms with Gasteiger partial charge < -0.3 is 10.3 Å². The second kappa shape index (κ2) is 4.49. The lowest BCUT2D eigenvalue weighted by atomic mass is 10.1. The van der Waals surface area contributed by atoms with Crippen molar-refractivity contribution in [1.29, 1.82) is 0 Å². The lowest BCUT2D eigenvalue weighted by Crippen LogP contribution is -2.09. The predicted octanol–water partition coefficient (Wildman–Crippen LogP) is 2.01. The Bertz CT molecular complexity index is 486. The van der Waals surface area contributed by atoms with Gasteiger partial charge in [0.15, 0.2) is 0 Å². The lowest BCUT2D eigenvalue weighted by Gasteiger charge is -2.09. The molecule has 0 saturated carbocycles. The van der Waals surface area contributed by atoms with E-state index in [1.165, 1.54) is 11.1 Å². The van der Waals surface area contributed by atoms with E-state index in [0.29, 0.717) is 6.54 Å². The Morgan fingerprint density at radius 2 is 2.12 bits per heavy atom. The van der Waals surface area contributed by atoms with Crippen LogP contribution in [0.5, 0.6) is 0 Å². The van der Waals surface area contributed by atoms with E-state index in [1.54, 1.807) is 0 Å². The van der Waals surface area contributed by atoms with Crippen LogP contribution in [0.2, 0.25) is 0 Å². The first kappa shape index (κ1) is 10.9. The first-order valence-electron chi connectivity index (χ1n) is 5.47. The van der Waals surface area contributed by atoms with Crippen molar-refractivity contribution in [2.45, 2.75) is 26.9 Å². The summed E-state index contributed by atoms with van der Waals surface area (Å²) in [6, 6.07) is 8.51. The fourth-order valence-corrected chi connectivity index (χ4v) is 1.89. The fraction of sp³-hybridized carbons (Fsp3) is 0.308. The van der Waals surface area contributed by atoms with Gasteiger partial charge in [0.1, 0.15) is 5.82 Å². The third-order valence-corrected chi connectivity index (χ3v) is 2.77. The first-order chi connectivity index (χ1) is 7.70. The molecule has 2 N–H and O–H groups in total. The molecule has 0 aliphatic rings. The molecule has 1 aromatic heterocycles. The molecule has 16 heavy (non-hydrogen) atoms. The van der Waals surface area contributed by atoms with Crippen LogP contribution in [-0.4, -0.2) is 9.55 Å². The standard InChI is InChI=1S/C13H17N3/c1-10-4-3-5-12(6-10)9-16-11(2)15-8-13(16)7-14/h3-6,8H,7,9,14H2,1-2H3. The summed E-state index contributed by atoms with van der Waals surface area (Å²) >= 11 is 0. The van der Waals surface area contributed by atoms with Crippen molar-refractivity contribution in [2.75, 3.05) is 0 Å². The zero-order valence-corrected chi connectivity index (χ0v) is 9.77. The zero-order valence-electron chi connectivity index (χ0n) is 9.77. The Morgan fingerprint density at radius 1 is 1.31 bits per heavy atom. The predicted molar refractivity (Wildman–Crippen MR) is 65.1 cm³/mol. The maximum Gasteiger partial charge on any atom is 0.106 e. The van der Waals surface area contributed by atoms with Crippen LogP contribution < -0.4 is 5.73 Å². The molecule has 1 aromatic carbocycles. The van der Waals surface area contributed by atoms with Crippen LogP contribution in [0.4, 0.5) is 0 Å². The first-order valence-corrected chi connectivity index (χ1v) is 5.47. The second-order valence-corrected chi connectivity index (χ2v) is 4.08. The van der Waals surface area contributed by atoms with Gasteiger partial charge in [0.25, 0.3) is 0 Å². The Hall–Kier alpha value is -1.61. The van der Waals surface area contributed by atoms with E-state index in [2.05, 4.69) is 40.7 Å². The minimum absolute atomic E-state index is 0.534. The second-order valence-electron chi connectivity index (χ2n) is 4.08. The van der Waals surface area contributed by atoms with E-state index >= 15 is 0 Å². The van der Waals surface area contributed by atoms with Crippen molar-refractivity contribution in [1.82, 2.24) is 9.55 Å². The summed E-state index contributed by atoms with van der Waals surface area (Å²) in [6.45, 7) is 5.50. The molecule has 2 rings (SSSR count). The number of rotatable bonds is 3. The lowest BCUT2D eigenvalue weighted by molar-refractivity contribution is 0.713. The molecular weight excluding hydrogens is 198 g/mol. The summed E-state index contributed by atoms with van der Waals surface area (Å²) in [5.41, 5.74) is 9.34. The third-order valence-electron chi connectivity index (χ3n) is 2.77. The summed E-state index contributed by atoms with van der Waals surface area (Å²) < 4.78 is 2.16. The van der Waals surface area contributed by atoms with Crippen LogP contribution in [0.1, 0.15) is 22.6 Å². The highest BCUT2D eigenvalue weighted by atomic mass is 15.1. The Balaban J connectivity index is 2.29. The van der Waals surface area contributed by atoms with Gasteiger partial charge in [0, 0.05) is 19.3 Å². The fourth-order valence-electron chi connectivity index (χ4n) is 1.89. The van der Waals surface area contributed by atoms with Crippen molar-refractivity contribution >= 4 is 0 Å². The van der Waals surface area contributed by atoms with Crippen LogP contribution in [0, 0.1) is 13.8 Å². The topological polar surface area (TPSA) is 43.8 Å². The number of hydrogen-bond donors (Lipinski definition) is 1. The number of aromatic nitrogens is 2. The van der Waals surface area contributed by atoms with Crippen molar-refractivity contribution in [2.24, 2.45) is 5.73 Å². The minimum Gasteiger partial charge on any atom is -0.327 e. The molecule has 0 spiro atoms. The zero-order chi connectivity index (χ0) is 11.5. The van der Waals surface area contributed by atoms with E-state index in [0.717, 1.165) is 18.1 Å². The number of nitrogens with zero attached hydrogens (tertiary/aromatic N) is 2. The maximum absolute atomic E-state index is 5.69. The van der Waals surface area contributed by atoms with Gasteiger partial charge >= 0.3 is 0 Å². The number of imidazole rings is 1. The van der Waals surface area contributed by atoms with Crippen LogP contribution in [-0.2, 0) is 13.1 Å². The molecule has 0 aliphatic heterocycles. The van der Waals surface area contributed by atoms with Crippen LogP contribution in [0.15, 0.2) is 30.5 Å². The Labute approximate surface area is 95.9 Å². The summed E-state index contributed by atoms with van der Waals surface area (Å²) in [7, 11) is 0. The maximum atomic E-state index is 5.69. The third kappa shape index (κ3) is 2.14. The Morgan fingerprint density at radius 3 is 2.81 bits per heavy atom. The molecule has 0 aliphatic carbocycles. The average Bonchev–Trinajstić information content (AvgIpc) is 2.60. The van der Waals surface area contributed by atoms with E-state index in [-0.39, 0.29) is 0 Å². The normalized spacial score (nSPS) is 10.7. The van der Waals surface area contributed by atoms with Crippen LogP contribution in [0.25, 0.3) is 0 Å². The number of nitrogens with two attached hydrogens (primary N) is 1. The highest BCUT2D eigenvalue weighted by molar-refractivity contribution is 5.23. The Kier molecular flexibility index (Phi) is 3.06. The quantitative estimate of drug-likeness (QED) is 0.851. The van der Waals surface area contributed by atoms with Gasteiger partial charge in [-0.2, -0.15) is 0 Å². The molecule has 0 radical (unpaired) electrons. The van der Waals surface area contributed by atoms with Gasteiger partial charge in [-0.25, -0.2) is 4.98 Å². The van der Waals surface area contributed by atoms with E-state index in [9.17, 15) is 0 Å². The summed E-state index contributed by atoms with van der Waals surface area (Å²) in [4.78, 5) is 4.29. The number of hydrogen-bond acceptors (Lipinski definition) is 2. The van der Waals surface area contributed by atoms with Gasteiger partial charge in [0.05, 0.1) is 5.69 Å². The minimum atomic E-state index is 0.534. The van der Waals surface area contributed by atoms with E-state index in [4.69, 9.17) is 5.73 Å². The summed E-state index contributed by atoms with van der Waals surface area (Å²) in [5, 5.41) is 0. The highest BCUT2D eigenvalue weighted by Gasteiger charge is 2.05. The smallest absolute Gasteiger partial charge is 0.106 e. The van der Waals surface area contributed by atoms with Crippen molar-refractivity contribution < 1.29 is 0 Å². The molecule has 3 heteroatoms. The highest BCUT2D eigenvalue weighted by Crippen LogP contribution is 2.10. The van der Waals surface area contributed by atoms with Gasteiger partial charge in [-0.3, -0.25) is 0 Å². The molecule has 0 saturated heterocycles. The molecule has 0 fully saturated rings. The summed E-state index contributed by atoms with van der Waals surface area (Å²) in [5.74, 6) is 1.02. The molecule has 0 amide bonds. The van der Waals surface area contributed by atoms with Crippen LogP contribution >= 0.6 is 0 Å².